The first kappa shape index (κ1) is 24.7. The highest BCUT2D eigenvalue weighted by Crippen LogP contribution is 2.30. The zero-order chi connectivity index (χ0) is 25.1. The lowest BCUT2D eigenvalue weighted by Gasteiger charge is -2.40. The highest BCUT2D eigenvalue weighted by atomic mass is 16.5. The molecule has 0 N–H and O–H groups in total. The van der Waals surface area contributed by atoms with Crippen molar-refractivity contribution in [1.29, 1.82) is 0 Å². The molecule has 8 nitrogen and oxygen atoms in total. The largest absolute Gasteiger partial charge is 0.383 e. The normalized spacial score (nSPS) is 21.8. The van der Waals surface area contributed by atoms with Crippen molar-refractivity contribution in [3.63, 3.8) is 0 Å². The molecule has 0 bridgehead atoms. The number of imidazole rings is 1. The molecule has 2 aliphatic rings. The van der Waals surface area contributed by atoms with Gasteiger partial charge in [0.2, 0.25) is 5.91 Å². The number of likely N-dealkylation sites (tertiary alicyclic amines) is 2. The standard InChI is InChI=1S/C28H37N5O3/c1-21-19-23(9-14-31(21)20-22-7-12-29-13-8-22)27(34)30-15-10-24(11-16-30)33-26-6-4-3-5-25(26)32(28(33)35)17-18-36-2/h3-8,12-13,21,23-24H,9-11,14-20H2,1-2H3. The Morgan fingerprint density at radius 3 is 2.44 bits per heavy atom. The molecule has 1 amide bonds. The number of carbonyl (C=O) groups is 1. The maximum atomic E-state index is 13.4. The maximum absolute atomic E-state index is 13.4. The lowest BCUT2D eigenvalue weighted by atomic mass is 9.89. The Labute approximate surface area is 212 Å². The van der Waals surface area contributed by atoms with Gasteiger partial charge in [-0.2, -0.15) is 0 Å². The van der Waals surface area contributed by atoms with Crippen molar-refractivity contribution < 1.29 is 9.53 Å². The monoisotopic (exact) mass is 491 g/mol. The zero-order valence-electron chi connectivity index (χ0n) is 21.4. The summed E-state index contributed by atoms with van der Waals surface area (Å²) in [6.45, 7) is 6.53. The van der Waals surface area contributed by atoms with E-state index >= 15 is 0 Å². The second-order valence-corrected chi connectivity index (χ2v) is 10.2. The van der Waals surface area contributed by atoms with Gasteiger partial charge in [0.25, 0.3) is 0 Å². The molecular formula is C28H37N5O3. The van der Waals surface area contributed by atoms with E-state index in [0.29, 0.717) is 38.2 Å². The van der Waals surface area contributed by atoms with Crippen LogP contribution in [0, 0.1) is 5.92 Å². The average Bonchev–Trinajstić information content (AvgIpc) is 3.19. The van der Waals surface area contributed by atoms with Gasteiger partial charge in [0.15, 0.2) is 0 Å². The van der Waals surface area contributed by atoms with Gasteiger partial charge in [-0.3, -0.25) is 23.8 Å². The van der Waals surface area contributed by atoms with Crippen LogP contribution in [0.3, 0.4) is 0 Å². The predicted molar refractivity (Wildman–Crippen MR) is 140 cm³/mol. The molecular weight excluding hydrogens is 454 g/mol. The summed E-state index contributed by atoms with van der Waals surface area (Å²) in [6, 6.07) is 12.6. The fraction of sp³-hybridized carbons (Fsp3) is 0.536. The van der Waals surface area contributed by atoms with Gasteiger partial charge in [-0.05, 0) is 69.0 Å². The van der Waals surface area contributed by atoms with Crippen molar-refractivity contribution >= 4 is 16.9 Å². The van der Waals surface area contributed by atoms with E-state index in [-0.39, 0.29) is 17.6 Å². The minimum absolute atomic E-state index is 0.0217. The van der Waals surface area contributed by atoms with Crippen LogP contribution in [-0.2, 0) is 22.6 Å². The number of hydrogen-bond donors (Lipinski definition) is 0. The van der Waals surface area contributed by atoms with E-state index in [9.17, 15) is 9.59 Å². The number of amides is 1. The number of aromatic nitrogens is 3. The van der Waals surface area contributed by atoms with E-state index in [1.807, 2.05) is 50.7 Å². The minimum atomic E-state index is 0.0217. The Morgan fingerprint density at radius 2 is 1.75 bits per heavy atom. The molecule has 2 atom stereocenters. The molecule has 2 unspecified atom stereocenters. The van der Waals surface area contributed by atoms with Crippen molar-refractivity contribution in [1.82, 2.24) is 23.9 Å². The third-order valence-electron chi connectivity index (χ3n) is 8.03. The average molecular weight is 492 g/mol. The number of rotatable bonds is 7. The SMILES string of the molecule is COCCn1c(=O)n(C2CCN(C(=O)C3CCN(Cc4ccncc4)C(C)C3)CC2)c2ccccc21. The molecule has 0 spiro atoms. The summed E-state index contributed by atoms with van der Waals surface area (Å²) in [6.07, 6.45) is 7.09. The predicted octanol–water partition coefficient (Wildman–Crippen LogP) is 3.31. The number of para-hydroxylation sites is 2. The number of nitrogens with zero attached hydrogens (tertiary/aromatic N) is 5. The summed E-state index contributed by atoms with van der Waals surface area (Å²) in [7, 11) is 1.66. The van der Waals surface area contributed by atoms with Gasteiger partial charge in [0.1, 0.15) is 0 Å². The summed E-state index contributed by atoms with van der Waals surface area (Å²) in [5.41, 5.74) is 3.21. The van der Waals surface area contributed by atoms with Crippen LogP contribution in [0.15, 0.2) is 53.6 Å². The smallest absolute Gasteiger partial charge is 0.329 e. The molecule has 0 saturated carbocycles. The van der Waals surface area contributed by atoms with E-state index in [0.717, 1.165) is 49.8 Å². The van der Waals surface area contributed by atoms with E-state index in [2.05, 4.69) is 28.9 Å². The molecule has 3 aromatic rings. The highest BCUT2D eigenvalue weighted by molar-refractivity contribution is 5.79. The number of fused-ring (bicyclic) bond motifs is 1. The fourth-order valence-electron chi connectivity index (χ4n) is 5.99. The summed E-state index contributed by atoms with van der Waals surface area (Å²) >= 11 is 0. The van der Waals surface area contributed by atoms with Crippen LogP contribution in [0.2, 0.25) is 0 Å². The number of methoxy groups -OCH3 is 1. The van der Waals surface area contributed by atoms with Crippen LogP contribution in [0.4, 0.5) is 0 Å². The molecule has 2 saturated heterocycles. The number of hydrogen-bond acceptors (Lipinski definition) is 5. The van der Waals surface area contributed by atoms with Gasteiger partial charge in [-0.1, -0.05) is 12.1 Å². The third kappa shape index (κ3) is 4.97. The van der Waals surface area contributed by atoms with Crippen LogP contribution in [0.1, 0.15) is 44.2 Å². The van der Waals surface area contributed by atoms with Crippen LogP contribution in [0.25, 0.3) is 11.0 Å². The summed E-state index contributed by atoms with van der Waals surface area (Å²) < 4.78 is 9.00. The molecule has 2 aliphatic heterocycles. The summed E-state index contributed by atoms with van der Waals surface area (Å²) in [4.78, 5) is 35.4. The van der Waals surface area contributed by atoms with Crippen molar-refractivity contribution in [2.45, 2.75) is 57.8 Å². The Morgan fingerprint density at radius 1 is 1.03 bits per heavy atom. The van der Waals surface area contributed by atoms with Gasteiger partial charge in [-0.15, -0.1) is 0 Å². The van der Waals surface area contributed by atoms with Crippen molar-refractivity contribution in [2.24, 2.45) is 5.92 Å². The number of pyridine rings is 1. The van der Waals surface area contributed by atoms with Crippen LogP contribution >= 0.6 is 0 Å². The molecule has 192 valence electrons. The second-order valence-electron chi connectivity index (χ2n) is 10.2. The Hall–Kier alpha value is -2.97. The number of carbonyl (C=O) groups excluding carboxylic acids is 1. The number of ether oxygens (including phenoxy) is 1. The van der Waals surface area contributed by atoms with E-state index in [1.54, 1.807) is 7.11 Å². The second kappa shape index (κ2) is 11.0. The van der Waals surface area contributed by atoms with Gasteiger partial charge in [0, 0.05) is 57.1 Å². The van der Waals surface area contributed by atoms with Gasteiger partial charge in [-0.25, -0.2) is 4.79 Å². The molecule has 5 rings (SSSR count). The number of benzene rings is 1. The first-order chi connectivity index (χ1) is 17.6. The molecule has 2 fully saturated rings. The van der Waals surface area contributed by atoms with Crippen LogP contribution in [0.5, 0.6) is 0 Å². The lowest BCUT2D eigenvalue weighted by Crippen LogP contribution is -2.48. The van der Waals surface area contributed by atoms with Gasteiger partial charge < -0.3 is 9.64 Å². The maximum Gasteiger partial charge on any atom is 0.329 e. The van der Waals surface area contributed by atoms with Gasteiger partial charge >= 0.3 is 5.69 Å². The summed E-state index contributed by atoms with van der Waals surface area (Å²) in [5.74, 6) is 0.377. The minimum Gasteiger partial charge on any atom is -0.383 e. The Kier molecular flexibility index (Phi) is 7.53. The zero-order valence-corrected chi connectivity index (χ0v) is 21.4. The van der Waals surface area contributed by atoms with E-state index in [4.69, 9.17) is 4.74 Å². The molecule has 1 aromatic carbocycles. The van der Waals surface area contributed by atoms with Gasteiger partial charge in [0.05, 0.1) is 24.2 Å². The molecule has 0 aliphatic carbocycles. The molecule has 2 aromatic heterocycles. The topological polar surface area (TPSA) is 72.6 Å². The Bertz CT molecular complexity index is 1230. The number of piperidine rings is 2. The molecule has 4 heterocycles. The van der Waals surface area contributed by atoms with Crippen molar-refractivity contribution in [3.8, 4) is 0 Å². The summed E-state index contributed by atoms with van der Waals surface area (Å²) in [5, 5.41) is 0. The van der Waals surface area contributed by atoms with E-state index < -0.39 is 0 Å². The van der Waals surface area contributed by atoms with Crippen LogP contribution < -0.4 is 5.69 Å². The van der Waals surface area contributed by atoms with Crippen LogP contribution in [-0.4, -0.2) is 69.2 Å². The quantitative estimate of drug-likeness (QED) is 0.507. The van der Waals surface area contributed by atoms with Crippen molar-refractivity contribution in [2.75, 3.05) is 33.4 Å². The Balaban J connectivity index is 1.21. The molecule has 8 heteroatoms. The first-order valence-corrected chi connectivity index (χ1v) is 13.2. The first-order valence-electron chi connectivity index (χ1n) is 13.2. The molecule has 0 radical (unpaired) electrons. The molecule has 36 heavy (non-hydrogen) atoms. The van der Waals surface area contributed by atoms with Crippen molar-refractivity contribution in [3.05, 3.63) is 64.8 Å². The lowest BCUT2D eigenvalue weighted by molar-refractivity contribution is -0.139. The highest BCUT2D eigenvalue weighted by Gasteiger charge is 2.34. The fourth-order valence-corrected chi connectivity index (χ4v) is 5.99. The third-order valence-corrected chi connectivity index (χ3v) is 8.03. The van der Waals surface area contributed by atoms with E-state index in [1.165, 1.54) is 5.56 Å².